The van der Waals surface area contributed by atoms with Crippen LogP contribution in [0.5, 0.6) is 34.5 Å². The average Bonchev–Trinajstić information content (AvgIpc) is 2.73. The number of nitrogens with zero attached hydrogens (tertiary/aromatic N) is 3. The van der Waals surface area contributed by atoms with Gasteiger partial charge in [-0.15, -0.1) is 0 Å². The summed E-state index contributed by atoms with van der Waals surface area (Å²) in [6.07, 6.45) is 12.7. The molecule has 0 bridgehead atoms. The van der Waals surface area contributed by atoms with Crippen molar-refractivity contribution in [2.24, 2.45) is 0 Å². The lowest BCUT2D eigenvalue weighted by Crippen LogP contribution is -2.43. The largest absolute Gasteiger partial charge is 0.493 e. The topological polar surface area (TPSA) is 187 Å². The van der Waals surface area contributed by atoms with E-state index in [1.165, 1.54) is 51.5 Å². The highest BCUT2D eigenvalue weighted by molar-refractivity contribution is 6.34. The quantitative estimate of drug-likeness (QED) is 0.0288. The molecule has 0 atom stereocenters. The van der Waals surface area contributed by atoms with Gasteiger partial charge in [-0.2, -0.15) is 0 Å². The maximum absolute atomic E-state index is 14.6. The van der Waals surface area contributed by atoms with Crippen molar-refractivity contribution < 1.29 is 42.5 Å². The molecule has 8 rings (SSSR count). The van der Waals surface area contributed by atoms with Crippen molar-refractivity contribution in [2.75, 3.05) is 79.6 Å². The van der Waals surface area contributed by atoms with Crippen LogP contribution in [0.4, 0.5) is 42.4 Å². The van der Waals surface area contributed by atoms with Gasteiger partial charge in [0.25, 0.3) is 11.8 Å². The number of halogens is 2. The summed E-state index contributed by atoms with van der Waals surface area (Å²) in [5.41, 5.74) is 3.92. The highest BCUT2D eigenvalue weighted by Crippen LogP contribution is 2.35. The number of methoxy groups -OCH3 is 1. The number of carbonyl (C=O) groups is 4. The van der Waals surface area contributed by atoms with Crippen LogP contribution < -0.4 is 55.7 Å². The van der Waals surface area contributed by atoms with E-state index in [0.717, 1.165) is 89.8 Å². The number of carbonyl (C=O) groups excluding carboxylic acids is 4. The lowest BCUT2D eigenvalue weighted by molar-refractivity contribution is 0.0996. The number of unbranched alkanes of at least 4 members (excludes halogenated alkanes) is 2. The first-order valence-corrected chi connectivity index (χ1v) is 32.0. The Kier molecular flexibility index (Phi) is 27.1. The molecule has 2 aliphatic rings. The zero-order valence-electron chi connectivity index (χ0n) is 53.0. The predicted molar refractivity (Wildman–Crippen MR) is 357 cm³/mol. The summed E-state index contributed by atoms with van der Waals surface area (Å²) in [4.78, 5) is 57.7. The minimum Gasteiger partial charge on any atom is -0.493 e. The normalized spacial score (nSPS) is 13.8. The van der Waals surface area contributed by atoms with Crippen LogP contribution in [-0.4, -0.2) is 111 Å². The van der Waals surface area contributed by atoms with Gasteiger partial charge in [0.15, 0.2) is 11.5 Å². The Balaban J connectivity index is 0.000000254. The van der Waals surface area contributed by atoms with Crippen molar-refractivity contribution in [1.29, 1.82) is 0 Å². The summed E-state index contributed by atoms with van der Waals surface area (Å²) >= 11 is 6.50. The summed E-state index contributed by atoms with van der Waals surface area (Å²) in [6, 6.07) is 36.2. The average molecular weight is 1240 g/mol. The van der Waals surface area contributed by atoms with E-state index in [1.54, 1.807) is 91.0 Å². The molecule has 0 saturated carbocycles. The molecule has 0 unspecified atom stereocenters. The highest BCUT2D eigenvalue weighted by atomic mass is 35.5. The van der Waals surface area contributed by atoms with E-state index in [2.05, 4.69) is 67.5 Å². The second kappa shape index (κ2) is 35.2. The lowest BCUT2D eigenvalue weighted by atomic mass is 10.0. The van der Waals surface area contributed by atoms with Crippen LogP contribution in [0.3, 0.4) is 0 Å². The molecule has 6 aromatic carbocycles. The summed E-state index contributed by atoms with van der Waals surface area (Å²) in [5, 5.41) is 17.3. The SMILES string of the molecule is CCCCN1CCC(N(C)c2ccc(C(=O)Nc3ccc(Oc4ccc(NC(=O)NC(CC)CC)c(F)c4)cc3)cc2)CC1.CCCCN1CCC(Oc2ccc(C(=O)Nc3ccc(Oc4ccc(NC(=O)NC(CC)CC)cc4OC)cc3)c(Cl)c2)CC1. The van der Waals surface area contributed by atoms with Gasteiger partial charge in [-0.05, 0) is 193 Å². The summed E-state index contributed by atoms with van der Waals surface area (Å²) < 4.78 is 38.1. The number of urea groups is 2. The number of amides is 6. The number of hydrogen-bond donors (Lipinski definition) is 6. The van der Waals surface area contributed by atoms with Gasteiger partial charge in [0.2, 0.25) is 0 Å². The molecular formula is C70H91ClFN9O8. The van der Waals surface area contributed by atoms with Crippen molar-refractivity contribution in [3.63, 3.8) is 0 Å². The van der Waals surface area contributed by atoms with E-state index in [-0.39, 0.29) is 47.5 Å². The highest BCUT2D eigenvalue weighted by Gasteiger charge is 2.24. The Bertz CT molecular complexity index is 3190. The van der Waals surface area contributed by atoms with Crippen LogP contribution in [0.25, 0.3) is 0 Å². The van der Waals surface area contributed by atoms with Gasteiger partial charge in [0.05, 0.1) is 23.4 Å². The van der Waals surface area contributed by atoms with E-state index in [0.29, 0.717) is 68.0 Å². The van der Waals surface area contributed by atoms with Gasteiger partial charge in [-0.3, -0.25) is 9.59 Å². The van der Waals surface area contributed by atoms with Gasteiger partial charge in [-0.1, -0.05) is 66.0 Å². The van der Waals surface area contributed by atoms with E-state index in [1.807, 2.05) is 52.0 Å². The monoisotopic (exact) mass is 1240 g/mol. The molecule has 2 heterocycles. The van der Waals surface area contributed by atoms with E-state index < -0.39 is 11.8 Å². The number of piperidine rings is 2. The number of anilines is 5. The third kappa shape index (κ3) is 21.3. The first-order valence-electron chi connectivity index (χ1n) is 31.7. The molecule has 17 nitrogen and oxygen atoms in total. The Morgan fingerprint density at radius 3 is 1.62 bits per heavy atom. The number of hydrogen-bond acceptors (Lipinski definition) is 11. The van der Waals surface area contributed by atoms with E-state index in [4.69, 9.17) is 30.5 Å². The van der Waals surface area contributed by atoms with Gasteiger partial charge in [-0.25, -0.2) is 14.0 Å². The molecule has 2 saturated heterocycles. The van der Waals surface area contributed by atoms with E-state index >= 15 is 0 Å². The van der Waals surface area contributed by atoms with Gasteiger partial charge in [0.1, 0.15) is 34.9 Å². The first-order chi connectivity index (χ1) is 43.1. The minimum atomic E-state index is -0.601. The molecule has 478 valence electrons. The van der Waals surface area contributed by atoms with Gasteiger partial charge in [0, 0.05) is 91.8 Å². The molecule has 19 heteroatoms. The molecule has 6 N–H and O–H groups in total. The number of rotatable bonds is 27. The molecule has 2 fully saturated rings. The maximum Gasteiger partial charge on any atom is 0.319 e. The number of ether oxygens (including phenoxy) is 4. The molecule has 6 aromatic rings. The van der Waals surface area contributed by atoms with Crippen molar-refractivity contribution in [1.82, 2.24) is 20.4 Å². The summed E-state index contributed by atoms with van der Waals surface area (Å²) in [7, 11) is 3.68. The smallest absolute Gasteiger partial charge is 0.319 e. The minimum absolute atomic E-state index is 0.0364. The first kappa shape index (κ1) is 68.4. The maximum atomic E-state index is 14.6. The molecular weight excluding hydrogens is 1150 g/mol. The fourth-order valence-electron chi connectivity index (χ4n) is 10.6. The van der Waals surface area contributed by atoms with Crippen LogP contribution in [0.1, 0.15) is 139 Å². The number of nitrogens with one attached hydrogen (secondary N) is 6. The standard InChI is InChI=1S/C35H45ClN4O5.C35H46FN5O3/c1-5-8-19-40-20-17-28(18-21-40)44-29-14-15-30(31(36)23-29)34(41)37-25-9-12-27(13-10-25)45-32-16-11-26(22-33(32)43-4)39-35(42)38-24(6-2)7-3;1-5-8-21-41-22-19-29(20-23-41)40(4)28-13-9-25(10-14-28)34(42)37-27-11-15-30(16-12-27)44-31-17-18-33(32(36)24-31)39-35(43)38-26(6-2)7-3/h9-16,22-24,28H,5-8,17-21H2,1-4H3,(H,37,41)(H2,38,39,42);9-18,24,26,29H,5-8,19-23H2,1-4H3,(H,37,42)(H2,38,39,43). The van der Waals surface area contributed by atoms with Crippen LogP contribution in [0, 0.1) is 5.82 Å². The molecule has 2 aliphatic heterocycles. The zero-order chi connectivity index (χ0) is 63.7. The third-order valence-corrected chi connectivity index (χ3v) is 16.6. The number of likely N-dealkylation sites (tertiary alicyclic amines) is 2. The molecule has 0 aromatic heterocycles. The fourth-order valence-corrected chi connectivity index (χ4v) is 10.9. The predicted octanol–water partition coefficient (Wildman–Crippen LogP) is 16.2. The Hall–Kier alpha value is -8.06. The Labute approximate surface area is 530 Å². The van der Waals surface area contributed by atoms with Crippen molar-refractivity contribution in [3.8, 4) is 34.5 Å². The van der Waals surface area contributed by atoms with Crippen LogP contribution in [0.15, 0.2) is 127 Å². The van der Waals surface area contributed by atoms with E-state index in [9.17, 15) is 23.6 Å². The molecule has 0 spiro atoms. The molecule has 6 amide bonds. The summed E-state index contributed by atoms with van der Waals surface area (Å²) in [5.74, 6) is 1.83. The molecule has 89 heavy (non-hydrogen) atoms. The van der Waals surface area contributed by atoms with Crippen molar-refractivity contribution >= 4 is 63.9 Å². The van der Waals surface area contributed by atoms with Gasteiger partial charge >= 0.3 is 12.1 Å². The third-order valence-electron chi connectivity index (χ3n) is 16.3. The zero-order valence-corrected chi connectivity index (χ0v) is 53.8. The number of benzene rings is 6. The summed E-state index contributed by atoms with van der Waals surface area (Å²) in [6.45, 7) is 19.2. The van der Waals surface area contributed by atoms with Crippen molar-refractivity contribution in [2.45, 2.75) is 143 Å². The lowest BCUT2D eigenvalue weighted by Gasteiger charge is -2.38. The van der Waals surface area contributed by atoms with Crippen LogP contribution in [0.2, 0.25) is 5.02 Å². The Morgan fingerprint density at radius 2 is 1.08 bits per heavy atom. The van der Waals surface area contributed by atoms with Crippen molar-refractivity contribution in [3.05, 3.63) is 149 Å². The van der Waals surface area contributed by atoms with Gasteiger partial charge < -0.3 is 65.5 Å². The Morgan fingerprint density at radius 1 is 0.562 bits per heavy atom. The second-order valence-corrected chi connectivity index (χ2v) is 23.0. The second-order valence-electron chi connectivity index (χ2n) is 22.6. The molecule has 0 aliphatic carbocycles. The molecule has 0 radical (unpaired) electrons. The van der Waals surface area contributed by atoms with Crippen LogP contribution >= 0.6 is 11.6 Å². The fraction of sp³-hybridized carbons (Fsp3) is 0.429. The van der Waals surface area contributed by atoms with Crippen LogP contribution in [-0.2, 0) is 0 Å².